The summed E-state index contributed by atoms with van der Waals surface area (Å²) in [6.07, 6.45) is 6.30. The number of hydrazone groups is 1. The fraction of sp³-hybridized carbons (Fsp3) is 0.333. The highest BCUT2D eigenvalue weighted by atomic mass is 35.5. The SMILES string of the molecule is O=C(COc1cc(Cl)c(Cl)cc1Cl)NN=C1CC2C=CCC12. The second kappa shape index (κ2) is 6.49. The summed E-state index contributed by atoms with van der Waals surface area (Å²) in [4.78, 5) is 11.8. The number of amides is 1. The van der Waals surface area contributed by atoms with Crippen LogP contribution in [0.3, 0.4) is 0 Å². The molecule has 22 heavy (non-hydrogen) atoms. The van der Waals surface area contributed by atoms with E-state index in [0.717, 1.165) is 18.6 Å². The van der Waals surface area contributed by atoms with E-state index in [-0.39, 0.29) is 12.5 Å². The van der Waals surface area contributed by atoms with Crippen LogP contribution in [0.15, 0.2) is 29.4 Å². The Morgan fingerprint density at radius 2 is 2.05 bits per heavy atom. The highest BCUT2D eigenvalue weighted by Gasteiger charge is 2.37. The van der Waals surface area contributed by atoms with Crippen LogP contribution in [0, 0.1) is 11.8 Å². The minimum atomic E-state index is -0.343. The van der Waals surface area contributed by atoms with E-state index in [2.05, 4.69) is 22.7 Å². The molecule has 0 bridgehead atoms. The number of carbonyl (C=O) groups excluding carboxylic acids is 1. The largest absolute Gasteiger partial charge is 0.482 e. The molecule has 1 aromatic rings. The molecule has 1 aromatic carbocycles. The van der Waals surface area contributed by atoms with Crippen molar-refractivity contribution in [3.63, 3.8) is 0 Å². The molecule has 4 nitrogen and oxygen atoms in total. The first-order valence-corrected chi connectivity index (χ1v) is 7.97. The molecule has 0 heterocycles. The van der Waals surface area contributed by atoms with Gasteiger partial charge in [0.2, 0.25) is 0 Å². The maximum absolute atomic E-state index is 11.8. The van der Waals surface area contributed by atoms with E-state index in [9.17, 15) is 4.79 Å². The summed E-state index contributed by atoms with van der Waals surface area (Å²) in [6.45, 7) is -0.194. The van der Waals surface area contributed by atoms with Crippen LogP contribution in [0.2, 0.25) is 15.1 Å². The lowest BCUT2D eigenvalue weighted by Crippen LogP contribution is -2.36. The summed E-state index contributed by atoms with van der Waals surface area (Å²) >= 11 is 17.7. The fourth-order valence-corrected chi connectivity index (χ4v) is 3.18. The van der Waals surface area contributed by atoms with Crippen LogP contribution in [-0.2, 0) is 4.79 Å². The van der Waals surface area contributed by atoms with Gasteiger partial charge in [0.1, 0.15) is 5.75 Å². The molecule has 2 atom stereocenters. The van der Waals surface area contributed by atoms with Gasteiger partial charge in [-0.15, -0.1) is 0 Å². The van der Waals surface area contributed by atoms with E-state index in [1.165, 1.54) is 12.1 Å². The number of rotatable bonds is 4. The van der Waals surface area contributed by atoms with Crippen molar-refractivity contribution in [2.45, 2.75) is 12.8 Å². The van der Waals surface area contributed by atoms with E-state index in [1.54, 1.807) is 0 Å². The first-order chi connectivity index (χ1) is 10.5. The summed E-state index contributed by atoms with van der Waals surface area (Å²) in [5.74, 6) is 1.03. The maximum Gasteiger partial charge on any atom is 0.277 e. The van der Waals surface area contributed by atoms with Gasteiger partial charge in [-0.25, -0.2) is 5.43 Å². The Bertz CT molecular complexity index is 673. The van der Waals surface area contributed by atoms with Crippen LogP contribution >= 0.6 is 34.8 Å². The molecule has 0 saturated heterocycles. The molecule has 0 aromatic heterocycles. The highest BCUT2D eigenvalue weighted by molar-refractivity contribution is 6.43. The molecule has 0 spiro atoms. The van der Waals surface area contributed by atoms with Crippen LogP contribution < -0.4 is 10.2 Å². The van der Waals surface area contributed by atoms with Crippen molar-refractivity contribution in [3.8, 4) is 5.75 Å². The van der Waals surface area contributed by atoms with E-state index in [0.29, 0.717) is 32.7 Å². The van der Waals surface area contributed by atoms with Crippen molar-refractivity contribution in [3.05, 3.63) is 39.4 Å². The lowest BCUT2D eigenvalue weighted by Gasteiger charge is -2.31. The fourth-order valence-electron chi connectivity index (χ4n) is 2.59. The molecule has 1 N–H and O–H groups in total. The summed E-state index contributed by atoms with van der Waals surface area (Å²) in [6, 6.07) is 2.95. The summed E-state index contributed by atoms with van der Waals surface area (Å²) < 4.78 is 5.34. The van der Waals surface area contributed by atoms with Gasteiger partial charge >= 0.3 is 0 Å². The normalized spacial score (nSPS) is 24.0. The molecular formula is C15H13Cl3N2O2. The van der Waals surface area contributed by atoms with E-state index >= 15 is 0 Å². The molecule has 1 fully saturated rings. The van der Waals surface area contributed by atoms with Crippen LogP contribution in [0.1, 0.15) is 12.8 Å². The summed E-state index contributed by atoms with van der Waals surface area (Å²) in [7, 11) is 0. The lowest BCUT2D eigenvalue weighted by atomic mass is 9.74. The number of benzene rings is 1. The monoisotopic (exact) mass is 358 g/mol. The van der Waals surface area contributed by atoms with Gasteiger partial charge in [0.05, 0.1) is 15.1 Å². The first kappa shape index (κ1) is 15.7. The van der Waals surface area contributed by atoms with Crippen molar-refractivity contribution in [2.75, 3.05) is 6.61 Å². The third-order valence-electron chi connectivity index (χ3n) is 3.82. The average Bonchev–Trinajstić information content (AvgIpc) is 2.83. The second-order valence-corrected chi connectivity index (χ2v) is 6.48. The zero-order valence-electron chi connectivity index (χ0n) is 11.5. The number of hydrogen-bond acceptors (Lipinski definition) is 3. The van der Waals surface area contributed by atoms with Crippen molar-refractivity contribution in [2.24, 2.45) is 16.9 Å². The number of allylic oxidation sites excluding steroid dienone is 2. The molecule has 2 aliphatic carbocycles. The first-order valence-electron chi connectivity index (χ1n) is 6.84. The number of ether oxygens (including phenoxy) is 1. The quantitative estimate of drug-likeness (QED) is 0.500. The standard InChI is InChI=1S/C15H13Cl3N2O2/c16-10-5-12(18)14(6-11(10)17)22-7-15(21)20-19-13-4-8-2-1-3-9(8)13/h1-2,5-6,8-9H,3-4,7H2,(H,20,21). The minimum Gasteiger partial charge on any atom is -0.482 e. The number of hydrogen-bond donors (Lipinski definition) is 1. The zero-order valence-corrected chi connectivity index (χ0v) is 13.8. The van der Waals surface area contributed by atoms with Crippen LogP contribution in [-0.4, -0.2) is 18.2 Å². The minimum absolute atomic E-state index is 0.194. The van der Waals surface area contributed by atoms with Gasteiger partial charge < -0.3 is 4.74 Å². The predicted octanol–water partition coefficient (Wildman–Crippen LogP) is 4.09. The summed E-state index contributed by atoms with van der Waals surface area (Å²) in [5.41, 5.74) is 3.54. The Hall–Kier alpha value is -1.23. The van der Waals surface area contributed by atoms with Crippen molar-refractivity contribution in [1.82, 2.24) is 5.43 Å². The smallest absolute Gasteiger partial charge is 0.277 e. The van der Waals surface area contributed by atoms with Crippen molar-refractivity contribution < 1.29 is 9.53 Å². The van der Waals surface area contributed by atoms with Gasteiger partial charge in [0.15, 0.2) is 6.61 Å². The predicted molar refractivity (Wildman–Crippen MR) is 87.9 cm³/mol. The summed E-state index contributed by atoms with van der Waals surface area (Å²) in [5, 5.41) is 5.10. The molecule has 1 amide bonds. The number of nitrogens with one attached hydrogen (secondary N) is 1. The van der Waals surface area contributed by atoms with E-state index < -0.39 is 0 Å². The zero-order chi connectivity index (χ0) is 15.7. The molecule has 116 valence electrons. The Balaban J connectivity index is 1.51. The van der Waals surface area contributed by atoms with Crippen LogP contribution in [0.25, 0.3) is 0 Å². The highest BCUT2D eigenvalue weighted by Crippen LogP contribution is 2.40. The molecule has 1 saturated carbocycles. The van der Waals surface area contributed by atoms with Crippen LogP contribution in [0.5, 0.6) is 5.75 Å². The molecule has 0 aliphatic heterocycles. The number of fused-ring (bicyclic) bond motifs is 1. The number of nitrogens with zero attached hydrogens (tertiary/aromatic N) is 1. The maximum atomic E-state index is 11.8. The topological polar surface area (TPSA) is 50.7 Å². The Morgan fingerprint density at radius 1 is 1.27 bits per heavy atom. The van der Waals surface area contributed by atoms with Gasteiger partial charge in [0, 0.05) is 17.7 Å². The molecule has 2 aliphatic rings. The average molecular weight is 360 g/mol. The lowest BCUT2D eigenvalue weighted by molar-refractivity contribution is -0.123. The third kappa shape index (κ3) is 3.24. The van der Waals surface area contributed by atoms with Gasteiger partial charge in [-0.05, 0) is 24.8 Å². The van der Waals surface area contributed by atoms with Crippen molar-refractivity contribution in [1.29, 1.82) is 0 Å². The van der Waals surface area contributed by atoms with E-state index in [1.807, 2.05) is 0 Å². The van der Waals surface area contributed by atoms with Gasteiger partial charge in [-0.3, -0.25) is 4.79 Å². The molecular weight excluding hydrogens is 347 g/mol. The second-order valence-electron chi connectivity index (χ2n) is 5.26. The molecule has 0 radical (unpaired) electrons. The molecule has 7 heteroatoms. The molecule has 2 unspecified atom stereocenters. The molecule has 3 rings (SSSR count). The Labute approximate surface area is 143 Å². The Kier molecular flexibility index (Phi) is 4.62. The number of halogens is 3. The Morgan fingerprint density at radius 3 is 2.82 bits per heavy atom. The number of carbonyl (C=O) groups is 1. The van der Waals surface area contributed by atoms with Gasteiger partial charge in [0.25, 0.3) is 5.91 Å². The van der Waals surface area contributed by atoms with Crippen molar-refractivity contribution >= 4 is 46.4 Å². The van der Waals surface area contributed by atoms with Gasteiger partial charge in [-0.1, -0.05) is 47.0 Å². The van der Waals surface area contributed by atoms with Crippen LogP contribution in [0.4, 0.5) is 0 Å². The third-order valence-corrected chi connectivity index (χ3v) is 4.84. The van der Waals surface area contributed by atoms with E-state index in [4.69, 9.17) is 39.5 Å². The van der Waals surface area contributed by atoms with Gasteiger partial charge in [-0.2, -0.15) is 5.10 Å².